The first-order valence-corrected chi connectivity index (χ1v) is 8.24. The van der Waals surface area contributed by atoms with Crippen LogP contribution in [0.15, 0.2) is 36.7 Å². The number of benzene rings is 1. The van der Waals surface area contributed by atoms with Crippen LogP contribution in [0.25, 0.3) is 0 Å². The quantitative estimate of drug-likeness (QED) is 0.868. The lowest BCUT2D eigenvalue weighted by Crippen LogP contribution is -2.49. The van der Waals surface area contributed by atoms with Gasteiger partial charge in [-0.1, -0.05) is 12.1 Å². The van der Waals surface area contributed by atoms with Crippen LogP contribution in [0.4, 0.5) is 18.9 Å². The van der Waals surface area contributed by atoms with Crippen molar-refractivity contribution < 1.29 is 18.0 Å². The highest BCUT2D eigenvalue weighted by Crippen LogP contribution is 2.34. The molecule has 140 valence electrons. The molecule has 2 N–H and O–H groups in total. The molecule has 1 fully saturated rings. The largest absolute Gasteiger partial charge is 0.418 e. The number of para-hydroxylation sites is 1. The number of rotatable bonds is 4. The van der Waals surface area contributed by atoms with Crippen molar-refractivity contribution >= 4 is 11.6 Å². The summed E-state index contributed by atoms with van der Waals surface area (Å²) in [6, 6.07) is 4.86. The minimum absolute atomic E-state index is 0.00853. The number of carbonyl (C=O) groups excluding carboxylic acids is 1. The number of piperazine rings is 1. The average Bonchev–Trinajstić information content (AvgIpc) is 3.00. The van der Waals surface area contributed by atoms with Crippen LogP contribution in [0, 0.1) is 0 Å². The number of nitrogens with zero attached hydrogens (tertiary/aromatic N) is 3. The minimum Gasteiger partial charge on any atom is -0.337 e. The summed E-state index contributed by atoms with van der Waals surface area (Å²) in [6.45, 7) is 1.92. The number of nitrogens with one attached hydrogen (secondary N) is 2. The standard InChI is InChI=1S/C17H20F3N5O/c1-24-8-7-22-16(24)14-10-21-6-9-25(14)11-15(26)23-13-5-3-2-4-12(13)17(18,19)20/h2-5,7-8,14,21H,6,9-11H2,1H3,(H,23,26). The van der Waals surface area contributed by atoms with Crippen LogP contribution >= 0.6 is 0 Å². The smallest absolute Gasteiger partial charge is 0.337 e. The van der Waals surface area contributed by atoms with Gasteiger partial charge in [-0.05, 0) is 12.1 Å². The molecule has 3 rings (SSSR count). The van der Waals surface area contributed by atoms with Crippen LogP contribution in [0.5, 0.6) is 0 Å². The fourth-order valence-corrected chi connectivity index (χ4v) is 3.10. The fraction of sp³-hybridized carbons (Fsp3) is 0.412. The number of hydrogen-bond donors (Lipinski definition) is 2. The van der Waals surface area contributed by atoms with Crippen molar-refractivity contribution in [2.45, 2.75) is 12.2 Å². The molecule has 0 spiro atoms. The zero-order chi connectivity index (χ0) is 18.7. The first-order chi connectivity index (χ1) is 12.4. The molecule has 2 heterocycles. The lowest BCUT2D eigenvalue weighted by Gasteiger charge is -2.35. The number of alkyl halides is 3. The second-order valence-electron chi connectivity index (χ2n) is 6.18. The Hall–Kier alpha value is -2.39. The summed E-state index contributed by atoms with van der Waals surface area (Å²) < 4.78 is 41.1. The third kappa shape index (κ3) is 4.05. The number of amides is 1. The molecular weight excluding hydrogens is 347 g/mol. The molecule has 1 aliphatic rings. The Balaban J connectivity index is 1.72. The summed E-state index contributed by atoms with van der Waals surface area (Å²) in [7, 11) is 1.87. The Labute approximate surface area is 149 Å². The molecule has 0 bridgehead atoms. The zero-order valence-electron chi connectivity index (χ0n) is 14.3. The van der Waals surface area contributed by atoms with Gasteiger partial charge in [0.05, 0.1) is 23.8 Å². The van der Waals surface area contributed by atoms with E-state index >= 15 is 0 Å². The molecule has 6 nitrogen and oxygen atoms in total. The Morgan fingerprint density at radius 2 is 2.15 bits per heavy atom. The van der Waals surface area contributed by atoms with Gasteiger partial charge in [-0.2, -0.15) is 13.2 Å². The van der Waals surface area contributed by atoms with E-state index in [0.717, 1.165) is 11.9 Å². The predicted molar refractivity (Wildman–Crippen MR) is 90.5 cm³/mol. The van der Waals surface area contributed by atoms with E-state index in [4.69, 9.17) is 0 Å². The van der Waals surface area contributed by atoms with Crippen molar-refractivity contribution in [2.75, 3.05) is 31.5 Å². The number of halogens is 3. The third-order valence-corrected chi connectivity index (χ3v) is 4.36. The molecule has 9 heteroatoms. The maximum Gasteiger partial charge on any atom is 0.418 e. The van der Waals surface area contributed by atoms with E-state index in [9.17, 15) is 18.0 Å². The number of imidazole rings is 1. The molecule has 0 aliphatic carbocycles. The summed E-state index contributed by atoms with van der Waals surface area (Å²) in [5.41, 5.74) is -1.08. The molecule has 1 unspecified atom stereocenters. The molecular formula is C17H20F3N5O. The van der Waals surface area contributed by atoms with Crippen LogP contribution in [-0.4, -0.2) is 46.5 Å². The van der Waals surface area contributed by atoms with Crippen LogP contribution in [0.2, 0.25) is 0 Å². The summed E-state index contributed by atoms with van der Waals surface area (Å²) in [6.07, 6.45) is -1.02. The Kier molecular flexibility index (Phi) is 5.28. The molecule has 1 saturated heterocycles. The van der Waals surface area contributed by atoms with Crippen molar-refractivity contribution in [3.8, 4) is 0 Å². The number of aromatic nitrogens is 2. The maximum atomic E-state index is 13.1. The van der Waals surface area contributed by atoms with Gasteiger partial charge in [0.15, 0.2) is 0 Å². The maximum absolute atomic E-state index is 13.1. The second-order valence-corrected chi connectivity index (χ2v) is 6.18. The number of aryl methyl sites for hydroxylation is 1. The number of carbonyl (C=O) groups is 1. The van der Waals surface area contributed by atoms with Crippen molar-refractivity contribution in [2.24, 2.45) is 7.05 Å². The fourth-order valence-electron chi connectivity index (χ4n) is 3.10. The summed E-state index contributed by atoms with van der Waals surface area (Å²) in [4.78, 5) is 18.6. The third-order valence-electron chi connectivity index (χ3n) is 4.36. The Bertz CT molecular complexity index is 774. The minimum atomic E-state index is -4.52. The molecule has 1 aromatic carbocycles. The molecule has 26 heavy (non-hydrogen) atoms. The van der Waals surface area contributed by atoms with Gasteiger partial charge in [0.25, 0.3) is 0 Å². The first kappa shape index (κ1) is 18.4. The van der Waals surface area contributed by atoms with Gasteiger partial charge in [-0.15, -0.1) is 0 Å². The topological polar surface area (TPSA) is 62.2 Å². The number of anilines is 1. The average molecular weight is 367 g/mol. The van der Waals surface area contributed by atoms with E-state index < -0.39 is 17.6 Å². The highest BCUT2D eigenvalue weighted by molar-refractivity contribution is 5.93. The van der Waals surface area contributed by atoms with Crippen molar-refractivity contribution in [3.63, 3.8) is 0 Å². The first-order valence-electron chi connectivity index (χ1n) is 8.24. The van der Waals surface area contributed by atoms with Crippen LogP contribution in [0.3, 0.4) is 0 Å². The highest BCUT2D eigenvalue weighted by Gasteiger charge is 2.34. The van der Waals surface area contributed by atoms with Crippen molar-refractivity contribution in [1.82, 2.24) is 19.8 Å². The molecule has 0 radical (unpaired) electrons. The lowest BCUT2D eigenvalue weighted by atomic mass is 10.1. The van der Waals surface area contributed by atoms with Gasteiger partial charge < -0.3 is 15.2 Å². The molecule has 1 amide bonds. The Morgan fingerprint density at radius 1 is 1.38 bits per heavy atom. The van der Waals surface area contributed by atoms with E-state index in [2.05, 4.69) is 15.6 Å². The number of hydrogen-bond acceptors (Lipinski definition) is 4. The molecule has 1 atom stereocenters. The molecule has 2 aromatic rings. The van der Waals surface area contributed by atoms with Crippen LogP contribution in [0.1, 0.15) is 17.4 Å². The van der Waals surface area contributed by atoms with Gasteiger partial charge >= 0.3 is 6.18 Å². The SMILES string of the molecule is Cn1ccnc1C1CNCCN1CC(=O)Nc1ccccc1C(F)(F)F. The zero-order valence-corrected chi connectivity index (χ0v) is 14.3. The summed E-state index contributed by atoms with van der Waals surface area (Å²) >= 11 is 0. The van der Waals surface area contributed by atoms with E-state index in [1.54, 1.807) is 6.20 Å². The second kappa shape index (κ2) is 7.46. The van der Waals surface area contributed by atoms with Gasteiger partial charge in [0.1, 0.15) is 5.82 Å². The highest BCUT2D eigenvalue weighted by atomic mass is 19.4. The van der Waals surface area contributed by atoms with Crippen molar-refractivity contribution in [1.29, 1.82) is 0 Å². The van der Waals surface area contributed by atoms with Gasteiger partial charge in [0.2, 0.25) is 5.91 Å². The van der Waals surface area contributed by atoms with E-state index in [1.807, 2.05) is 22.7 Å². The van der Waals surface area contributed by atoms with E-state index in [1.165, 1.54) is 18.2 Å². The summed E-state index contributed by atoms with van der Waals surface area (Å²) in [5.74, 6) is 0.323. The summed E-state index contributed by atoms with van der Waals surface area (Å²) in [5, 5.41) is 5.65. The monoisotopic (exact) mass is 367 g/mol. The van der Waals surface area contributed by atoms with Crippen LogP contribution < -0.4 is 10.6 Å². The van der Waals surface area contributed by atoms with E-state index in [0.29, 0.717) is 19.6 Å². The van der Waals surface area contributed by atoms with Gasteiger partial charge in [-0.25, -0.2) is 4.98 Å². The van der Waals surface area contributed by atoms with Gasteiger partial charge in [0, 0.05) is 39.1 Å². The van der Waals surface area contributed by atoms with Crippen molar-refractivity contribution in [3.05, 3.63) is 48.0 Å². The normalized spacial score (nSPS) is 18.7. The predicted octanol–water partition coefficient (Wildman–Crippen LogP) is 2.02. The Morgan fingerprint density at radius 3 is 2.85 bits per heavy atom. The molecule has 1 aromatic heterocycles. The van der Waals surface area contributed by atoms with E-state index in [-0.39, 0.29) is 18.3 Å². The van der Waals surface area contributed by atoms with Gasteiger partial charge in [-0.3, -0.25) is 9.69 Å². The molecule has 1 aliphatic heterocycles. The lowest BCUT2D eigenvalue weighted by molar-refractivity contribution is -0.137. The molecule has 0 saturated carbocycles. The van der Waals surface area contributed by atoms with Crippen LogP contribution in [-0.2, 0) is 18.0 Å².